The molecule has 3 rings (SSSR count). The normalized spacial score (nSPS) is 14.6. The number of halogens is 2. The minimum Gasteiger partial charge on any atom is -0.483 e. The Morgan fingerprint density at radius 1 is 1.12 bits per heavy atom. The smallest absolute Gasteiger partial charge is 0.261 e. The zero-order valence-electron chi connectivity index (χ0n) is 20.4. The highest BCUT2D eigenvalue weighted by Gasteiger charge is 2.31. The Hall–Kier alpha value is -2.24. The fraction of sp³-hybridized carbons (Fsp3) is 0.481. The molecule has 7 heteroatoms. The molecule has 0 saturated heterocycles. The average Bonchev–Trinajstić information content (AvgIpc) is 3.29. The monoisotopic (exact) mass is 504 g/mol. The predicted molar refractivity (Wildman–Crippen MR) is 138 cm³/mol. The van der Waals surface area contributed by atoms with Crippen molar-refractivity contribution in [3.8, 4) is 5.75 Å². The summed E-state index contributed by atoms with van der Waals surface area (Å²) in [4.78, 5) is 28.3. The van der Waals surface area contributed by atoms with Gasteiger partial charge in [0.15, 0.2) is 6.61 Å². The first-order valence-corrected chi connectivity index (χ1v) is 12.7. The third-order valence-corrected chi connectivity index (χ3v) is 7.15. The van der Waals surface area contributed by atoms with Gasteiger partial charge >= 0.3 is 0 Å². The van der Waals surface area contributed by atoms with Crippen LogP contribution in [0.4, 0.5) is 0 Å². The van der Waals surface area contributed by atoms with Crippen LogP contribution in [0.1, 0.15) is 61.3 Å². The van der Waals surface area contributed by atoms with E-state index in [9.17, 15) is 9.59 Å². The van der Waals surface area contributed by atoms with E-state index < -0.39 is 6.04 Å². The molecule has 0 aromatic heterocycles. The van der Waals surface area contributed by atoms with Gasteiger partial charge in [-0.25, -0.2) is 0 Å². The Bertz CT molecular complexity index is 1030. The molecule has 34 heavy (non-hydrogen) atoms. The van der Waals surface area contributed by atoms with Gasteiger partial charge in [0, 0.05) is 22.6 Å². The van der Waals surface area contributed by atoms with Crippen LogP contribution in [-0.4, -0.2) is 35.4 Å². The first-order valence-electron chi connectivity index (χ1n) is 11.9. The number of carbonyl (C=O) groups excluding carboxylic acids is 2. The maximum Gasteiger partial charge on any atom is 0.261 e. The number of aryl methyl sites for hydroxylation is 2. The maximum atomic E-state index is 13.5. The van der Waals surface area contributed by atoms with Crippen molar-refractivity contribution in [3.05, 3.63) is 62.6 Å². The van der Waals surface area contributed by atoms with Crippen LogP contribution < -0.4 is 10.1 Å². The van der Waals surface area contributed by atoms with E-state index in [1.165, 1.54) is 0 Å². The second kappa shape index (κ2) is 11.9. The molecule has 2 aromatic carbocycles. The van der Waals surface area contributed by atoms with Gasteiger partial charge in [0.25, 0.3) is 5.91 Å². The molecule has 1 N–H and O–H groups in total. The second-order valence-corrected chi connectivity index (χ2v) is 10.0. The zero-order chi connectivity index (χ0) is 24.8. The number of benzene rings is 2. The molecule has 184 valence electrons. The Morgan fingerprint density at radius 2 is 1.82 bits per heavy atom. The van der Waals surface area contributed by atoms with Gasteiger partial charge in [-0.3, -0.25) is 9.59 Å². The molecule has 2 aromatic rings. The van der Waals surface area contributed by atoms with E-state index in [0.717, 1.165) is 47.9 Å². The number of hydrogen-bond acceptors (Lipinski definition) is 3. The molecule has 0 heterocycles. The van der Waals surface area contributed by atoms with E-state index in [4.69, 9.17) is 27.9 Å². The van der Waals surface area contributed by atoms with Crippen molar-refractivity contribution in [1.82, 2.24) is 10.2 Å². The maximum absolute atomic E-state index is 13.5. The summed E-state index contributed by atoms with van der Waals surface area (Å²) in [5.74, 6) is 0.284. The number of carbonyl (C=O) groups is 2. The standard InChI is InChI=1S/C27H34Cl2N2O3/c1-5-24(27(33)30-22-8-6-7-9-22)31(15-20-10-11-21(28)14-23(20)29)26(32)16-34-25-13-17(2)12-18(3)19(25)4/h10-14,22,24H,5-9,15-16H2,1-4H3,(H,30,33)/t24-/m1/s1. The molecule has 0 unspecified atom stereocenters. The lowest BCUT2D eigenvalue weighted by molar-refractivity contribution is -0.143. The molecule has 1 aliphatic carbocycles. The first kappa shape index (κ1) is 26.4. The van der Waals surface area contributed by atoms with E-state index in [1.54, 1.807) is 23.1 Å². The van der Waals surface area contributed by atoms with E-state index in [-0.39, 0.29) is 31.0 Å². The Kier molecular flexibility index (Phi) is 9.26. The molecule has 5 nitrogen and oxygen atoms in total. The number of nitrogens with zero attached hydrogens (tertiary/aromatic N) is 1. The highest BCUT2D eigenvalue weighted by molar-refractivity contribution is 6.35. The largest absolute Gasteiger partial charge is 0.483 e. The van der Waals surface area contributed by atoms with Crippen molar-refractivity contribution < 1.29 is 14.3 Å². The summed E-state index contributed by atoms with van der Waals surface area (Å²) < 4.78 is 5.96. The summed E-state index contributed by atoms with van der Waals surface area (Å²) in [6.45, 7) is 7.94. The highest BCUT2D eigenvalue weighted by atomic mass is 35.5. The number of hydrogen-bond donors (Lipinski definition) is 1. The number of ether oxygens (including phenoxy) is 1. The number of nitrogens with one attached hydrogen (secondary N) is 1. The van der Waals surface area contributed by atoms with Gasteiger partial charge in [-0.15, -0.1) is 0 Å². The van der Waals surface area contributed by atoms with Crippen LogP contribution in [0.3, 0.4) is 0 Å². The molecular weight excluding hydrogens is 471 g/mol. The van der Waals surface area contributed by atoms with Crippen LogP contribution in [0.25, 0.3) is 0 Å². The molecule has 2 amide bonds. The van der Waals surface area contributed by atoms with Gasteiger partial charge in [-0.05, 0) is 80.5 Å². The van der Waals surface area contributed by atoms with Crippen molar-refractivity contribution in [2.45, 2.75) is 78.4 Å². The van der Waals surface area contributed by atoms with Gasteiger partial charge < -0.3 is 15.0 Å². The lowest BCUT2D eigenvalue weighted by Crippen LogP contribution is -2.52. The Morgan fingerprint density at radius 3 is 2.47 bits per heavy atom. The van der Waals surface area contributed by atoms with Crippen molar-refractivity contribution >= 4 is 35.0 Å². The third-order valence-electron chi connectivity index (χ3n) is 6.56. The fourth-order valence-electron chi connectivity index (χ4n) is 4.49. The number of rotatable bonds is 9. The third kappa shape index (κ3) is 6.67. The average molecular weight is 505 g/mol. The summed E-state index contributed by atoms with van der Waals surface area (Å²) in [6.07, 6.45) is 4.68. The van der Waals surface area contributed by atoms with E-state index >= 15 is 0 Å². The zero-order valence-corrected chi connectivity index (χ0v) is 21.9. The molecule has 1 aliphatic rings. The minimum atomic E-state index is -0.621. The van der Waals surface area contributed by atoms with Gasteiger partial charge in [0.1, 0.15) is 11.8 Å². The van der Waals surface area contributed by atoms with Crippen LogP contribution in [-0.2, 0) is 16.1 Å². The first-order chi connectivity index (χ1) is 16.2. The van der Waals surface area contributed by atoms with Crippen LogP contribution >= 0.6 is 23.2 Å². The van der Waals surface area contributed by atoms with Gasteiger partial charge in [0.2, 0.25) is 5.91 Å². The van der Waals surface area contributed by atoms with Gasteiger partial charge in [-0.1, -0.05) is 55.1 Å². The Balaban J connectivity index is 1.83. The van der Waals surface area contributed by atoms with E-state index in [2.05, 4.69) is 11.4 Å². The van der Waals surface area contributed by atoms with Crippen molar-refractivity contribution in [3.63, 3.8) is 0 Å². The summed E-state index contributed by atoms with van der Waals surface area (Å²) in [6, 6.07) is 8.74. The van der Waals surface area contributed by atoms with Crippen LogP contribution in [0, 0.1) is 20.8 Å². The molecule has 0 aliphatic heterocycles. The lowest BCUT2D eigenvalue weighted by Gasteiger charge is -2.31. The minimum absolute atomic E-state index is 0.129. The molecule has 0 bridgehead atoms. The van der Waals surface area contributed by atoms with E-state index in [0.29, 0.717) is 22.2 Å². The summed E-state index contributed by atoms with van der Waals surface area (Å²) >= 11 is 12.5. The molecule has 1 atom stereocenters. The van der Waals surface area contributed by atoms with Crippen LogP contribution in [0.5, 0.6) is 5.75 Å². The SMILES string of the molecule is CC[C@H](C(=O)NC1CCCC1)N(Cc1ccc(Cl)cc1Cl)C(=O)COc1cc(C)cc(C)c1C. The molecule has 0 radical (unpaired) electrons. The van der Waals surface area contributed by atoms with Crippen LogP contribution in [0.15, 0.2) is 30.3 Å². The fourth-order valence-corrected chi connectivity index (χ4v) is 4.96. The predicted octanol–water partition coefficient (Wildman–Crippen LogP) is 6.16. The summed E-state index contributed by atoms with van der Waals surface area (Å²) in [7, 11) is 0. The summed E-state index contributed by atoms with van der Waals surface area (Å²) in [5.41, 5.74) is 3.90. The highest BCUT2D eigenvalue weighted by Crippen LogP contribution is 2.26. The lowest BCUT2D eigenvalue weighted by atomic mass is 10.1. The molecular formula is C27H34Cl2N2O3. The van der Waals surface area contributed by atoms with Gasteiger partial charge in [0.05, 0.1) is 0 Å². The number of amides is 2. The van der Waals surface area contributed by atoms with Crippen molar-refractivity contribution in [2.24, 2.45) is 0 Å². The van der Waals surface area contributed by atoms with Crippen LogP contribution in [0.2, 0.25) is 10.0 Å². The quantitative estimate of drug-likeness (QED) is 0.444. The van der Waals surface area contributed by atoms with Crippen molar-refractivity contribution in [1.29, 1.82) is 0 Å². The molecule has 1 fully saturated rings. The summed E-state index contributed by atoms with van der Waals surface area (Å²) in [5, 5.41) is 4.13. The second-order valence-electron chi connectivity index (χ2n) is 9.17. The topological polar surface area (TPSA) is 58.6 Å². The van der Waals surface area contributed by atoms with Crippen molar-refractivity contribution in [2.75, 3.05) is 6.61 Å². The molecule has 0 spiro atoms. The Labute approximate surface area is 212 Å². The van der Waals surface area contributed by atoms with Gasteiger partial charge in [-0.2, -0.15) is 0 Å². The van der Waals surface area contributed by atoms with E-state index in [1.807, 2.05) is 33.8 Å². The molecule has 1 saturated carbocycles.